The zero-order valence-electron chi connectivity index (χ0n) is 12.8. The average Bonchev–Trinajstić information content (AvgIpc) is 2.57. The number of hydrogen-bond acceptors (Lipinski definition) is 4. The molecule has 0 spiro atoms. The molecule has 0 aliphatic carbocycles. The molecule has 2 rings (SSSR count). The summed E-state index contributed by atoms with van der Waals surface area (Å²) in [5.41, 5.74) is 0.392. The zero-order valence-corrected chi connectivity index (χ0v) is 12.8. The summed E-state index contributed by atoms with van der Waals surface area (Å²) in [6.45, 7) is 0.499. The van der Waals surface area contributed by atoms with Gasteiger partial charge < -0.3 is 19.5 Å². The molecule has 6 heteroatoms. The van der Waals surface area contributed by atoms with Crippen LogP contribution in [0.4, 0.5) is 10.1 Å². The molecule has 122 valence electrons. The van der Waals surface area contributed by atoms with Crippen molar-refractivity contribution in [1.29, 1.82) is 0 Å². The van der Waals surface area contributed by atoms with Crippen molar-refractivity contribution in [1.82, 2.24) is 0 Å². The summed E-state index contributed by atoms with van der Waals surface area (Å²) in [4.78, 5) is 11.8. The highest BCUT2D eigenvalue weighted by Crippen LogP contribution is 2.24. The van der Waals surface area contributed by atoms with E-state index < -0.39 is 5.82 Å². The lowest BCUT2D eigenvalue weighted by Gasteiger charge is -2.10. The van der Waals surface area contributed by atoms with E-state index in [1.807, 2.05) is 30.3 Å². The second-order valence-corrected chi connectivity index (χ2v) is 4.61. The van der Waals surface area contributed by atoms with E-state index in [0.29, 0.717) is 12.3 Å². The maximum absolute atomic E-state index is 13.1. The highest BCUT2D eigenvalue weighted by molar-refractivity contribution is 5.93. The fraction of sp³-hybridized carbons (Fsp3) is 0.235. The predicted octanol–water partition coefficient (Wildman–Crippen LogP) is 2.87. The molecular weight excluding hydrogens is 301 g/mol. The Labute approximate surface area is 134 Å². The summed E-state index contributed by atoms with van der Waals surface area (Å²) in [6, 6.07) is 13.2. The third-order valence-electron chi connectivity index (χ3n) is 2.91. The fourth-order valence-corrected chi connectivity index (χ4v) is 1.85. The Kier molecular flexibility index (Phi) is 6.38. The number of para-hydroxylation sites is 1. The minimum absolute atomic E-state index is 0.126. The van der Waals surface area contributed by atoms with Crippen molar-refractivity contribution < 1.29 is 23.4 Å². The minimum atomic E-state index is -0.436. The van der Waals surface area contributed by atoms with Crippen molar-refractivity contribution in [3.8, 4) is 11.5 Å². The van der Waals surface area contributed by atoms with Crippen LogP contribution in [0.3, 0.4) is 0 Å². The number of hydrogen-bond donors (Lipinski definition) is 1. The number of halogens is 1. The van der Waals surface area contributed by atoms with Crippen molar-refractivity contribution in [2.45, 2.75) is 0 Å². The highest BCUT2D eigenvalue weighted by atomic mass is 19.1. The lowest BCUT2D eigenvalue weighted by atomic mass is 10.3. The van der Waals surface area contributed by atoms with E-state index in [2.05, 4.69) is 5.32 Å². The van der Waals surface area contributed by atoms with Crippen LogP contribution in [0.2, 0.25) is 0 Å². The summed E-state index contributed by atoms with van der Waals surface area (Å²) in [6.07, 6.45) is 0. The summed E-state index contributed by atoms with van der Waals surface area (Å²) in [5, 5.41) is 2.60. The van der Waals surface area contributed by atoms with Crippen molar-refractivity contribution >= 4 is 11.6 Å². The third kappa shape index (κ3) is 5.60. The third-order valence-corrected chi connectivity index (χ3v) is 2.91. The second kappa shape index (κ2) is 8.75. The van der Waals surface area contributed by atoms with Gasteiger partial charge in [-0.05, 0) is 24.3 Å². The van der Waals surface area contributed by atoms with Gasteiger partial charge in [-0.2, -0.15) is 0 Å². The standard InChI is InChI=1S/C17H18FNO4/c1-21-16-11-13(18)7-8-15(16)19-17(20)12-22-9-10-23-14-5-3-2-4-6-14/h2-8,11H,9-10,12H2,1H3,(H,19,20). The summed E-state index contributed by atoms with van der Waals surface area (Å²) >= 11 is 0. The van der Waals surface area contributed by atoms with Crippen LogP contribution in [0.5, 0.6) is 11.5 Å². The van der Waals surface area contributed by atoms with E-state index in [1.165, 1.54) is 25.3 Å². The summed E-state index contributed by atoms with van der Waals surface area (Å²) < 4.78 is 28.7. The van der Waals surface area contributed by atoms with E-state index >= 15 is 0 Å². The molecule has 23 heavy (non-hydrogen) atoms. The summed E-state index contributed by atoms with van der Waals surface area (Å²) in [5.74, 6) is 0.214. The van der Waals surface area contributed by atoms with Crippen molar-refractivity contribution in [3.05, 3.63) is 54.3 Å². The zero-order chi connectivity index (χ0) is 16.5. The lowest BCUT2D eigenvalue weighted by molar-refractivity contribution is -0.120. The number of methoxy groups -OCH3 is 1. The number of anilines is 1. The lowest BCUT2D eigenvalue weighted by Crippen LogP contribution is -2.20. The number of amides is 1. The maximum Gasteiger partial charge on any atom is 0.250 e. The van der Waals surface area contributed by atoms with Crippen molar-refractivity contribution in [2.24, 2.45) is 0 Å². The van der Waals surface area contributed by atoms with Gasteiger partial charge in [0.2, 0.25) is 5.91 Å². The van der Waals surface area contributed by atoms with Gasteiger partial charge in [0, 0.05) is 6.07 Å². The molecule has 0 heterocycles. The number of benzene rings is 2. The van der Waals surface area contributed by atoms with Crippen LogP contribution in [0, 0.1) is 5.82 Å². The van der Waals surface area contributed by atoms with Gasteiger partial charge in [0.1, 0.15) is 30.5 Å². The van der Waals surface area contributed by atoms with Crippen LogP contribution in [0.15, 0.2) is 48.5 Å². The first-order valence-corrected chi connectivity index (χ1v) is 7.08. The van der Waals surface area contributed by atoms with Crippen LogP contribution in [-0.2, 0) is 9.53 Å². The van der Waals surface area contributed by atoms with Gasteiger partial charge in [-0.1, -0.05) is 18.2 Å². The SMILES string of the molecule is COc1cc(F)ccc1NC(=O)COCCOc1ccccc1. The van der Waals surface area contributed by atoms with Gasteiger partial charge in [-0.3, -0.25) is 4.79 Å². The van der Waals surface area contributed by atoms with E-state index in [0.717, 1.165) is 5.75 Å². The number of carbonyl (C=O) groups excluding carboxylic acids is 1. The van der Waals surface area contributed by atoms with Gasteiger partial charge >= 0.3 is 0 Å². The monoisotopic (exact) mass is 319 g/mol. The number of rotatable bonds is 8. The first kappa shape index (κ1) is 16.8. The van der Waals surface area contributed by atoms with Crippen LogP contribution in [-0.4, -0.2) is 32.8 Å². The minimum Gasteiger partial charge on any atom is -0.494 e. The first-order chi connectivity index (χ1) is 11.2. The Bertz CT molecular complexity index is 634. The molecule has 5 nitrogen and oxygen atoms in total. The molecule has 1 amide bonds. The molecule has 1 N–H and O–H groups in total. The molecule has 0 bridgehead atoms. The van der Waals surface area contributed by atoms with Crippen LogP contribution >= 0.6 is 0 Å². The van der Waals surface area contributed by atoms with Crippen molar-refractivity contribution in [2.75, 3.05) is 32.2 Å². The highest BCUT2D eigenvalue weighted by Gasteiger charge is 2.08. The first-order valence-electron chi connectivity index (χ1n) is 7.08. The van der Waals surface area contributed by atoms with Crippen LogP contribution in [0.1, 0.15) is 0 Å². The molecule has 0 saturated heterocycles. The molecule has 0 unspecified atom stereocenters. The van der Waals surface area contributed by atoms with Crippen LogP contribution < -0.4 is 14.8 Å². The normalized spacial score (nSPS) is 10.2. The Morgan fingerprint density at radius 2 is 1.91 bits per heavy atom. The smallest absolute Gasteiger partial charge is 0.250 e. The second-order valence-electron chi connectivity index (χ2n) is 4.61. The van der Waals surface area contributed by atoms with Crippen molar-refractivity contribution in [3.63, 3.8) is 0 Å². The van der Waals surface area contributed by atoms with Crippen LogP contribution in [0.25, 0.3) is 0 Å². The van der Waals surface area contributed by atoms with E-state index in [-0.39, 0.29) is 24.9 Å². The topological polar surface area (TPSA) is 56.8 Å². The molecule has 0 aliphatic heterocycles. The Morgan fingerprint density at radius 3 is 2.65 bits per heavy atom. The largest absolute Gasteiger partial charge is 0.494 e. The molecule has 0 aliphatic rings. The fourth-order valence-electron chi connectivity index (χ4n) is 1.85. The Morgan fingerprint density at radius 1 is 1.13 bits per heavy atom. The predicted molar refractivity (Wildman–Crippen MR) is 84.3 cm³/mol. The molecule has 0 fully saturated rings. The molecule has 0 atom stereocenters. The molecule has 0 radical (unpaired) electrons. The van der Waals surface area contributed by atoms with Gasteiger partial charge in [0.05, 0.1) is 19.4 Å². The molecular formula is C17H18FNO4. The average molecular weight is 319 g/mol. The van der Waals surface area contributed by atoms with E-state index in [1.54, 1.807) is 0 Å². The Balaban J connectivity index is 1.69. The van der Waals surface area contributed by atoms with E-state index in [4.69, 9.17) is 14.2 Å². The summed E-state index contributed by atoms with van der Waals surface area (Å²) in [7, 11) is 1.40. The van der Waals surface area contributed by atoms with E-state index in [9.17, 15) is 9.18 Å². The molecule has 0 aromatic heterocycles. The quantitative estimate of drug-likeness (QED) is 0.760. The molecule has 2 aromatic carbocycles. The number of carbonyl (C=O) groups is 1. The molecule has 0 saturated carbocycles. The van der Waals surface area contributed by atoms with Gasteiger partial charge in [0.15, 0.2) is 0 Å². The molecule has 2 aromatic rings. The Hall–Kier alpha value is -2.60. The van der Waals surface area contributed by atoms with Gasteiger partial charge in [-0.25, -0.2) is 4.39 Å². The maximum atomic E-state index is 13.1. The number of ether oxygens (including phenoxy) is 3. The van der Waals surface area contributed by atoms with Gasteiger partial charge in [-0.15, -0.1) is 0 Å². The number of nitrogens with one attached hydrogen (secondary N) is 1. The van der Waals surface area contributed by atoms with Gasteiger partial charge in [0.25, 0.3) is 0 Å².